The molecule has 5 heteroatoms. The van der Waals surface area contributed by atoms with Crippen molar-refractivity contribution in [3.63, 3.8) is 0 Å². The molecule has 0 spiro atoms. The van der Waals surface area contributed by atoms with Gasteiger partial charge in [-0.25, -0.2) is 0 Å². The molecule has 2 heterocycles. The van der Waals surface area contributed by atoms with Crippen LogP contribution in [0.3, 0.4) is 0 Å². The Hall–Kier alpha value is -1.17. The second-order valence-corrected chi connectivity index (χ2v) is 5.67. The predicted molar refractivity (Wildman–Crippen MR) is 84.2 cm³/mol. The van der Waals surface area contributed by atoms with Gasteiger partial charge in [-0.3, -0.25) is 9.88 Å². The first-order valence-corrected chi connectivity index (χ1v) is 7.40. The number of likely N-dealkylation sites (N-methyl/N-ethyl adjacent to an activating group) is 1. The third-order valence-electron chi connectivity index (χ3n) is 3.76. The minimum absolute atomic E-state index is 0.830. The summed E-state index contributed by atoms with van der Waals surface area (Å²) in [6.45, 7) is 7.66. The summed E-state index contributed by atoms with van der Waals surface area (Å²) in [5.41, 5.74) is 2.41. The van der Waals surface area contributed by atoms with E-state index < -0.39 is 0 Å². The van der Waals surface area contributed by atoms with Crippen molar-refractivity contribution >= 4 is 5.69 Å². The molecule has 2 rings (SSSR count). The lowest BCUT2D eigenvalue weighted by Gasteiger charge is -2.36. The number of nitrogens with zero attached hydrogens (tertiary/aromatic N) is 4. The highest BCUT2D eigenvalue weighted by atomic mass is 15.3. The number of anilines is 1. The van der Waals surface area contributed by atoms with Crippen LogP contribution < -0.4 is 10.2 Å². The number of piperazine rings is 1. The Labute approximate surface area is 122 Å². The fourth-order valence-corrected chi connectivity index (χ4v) is 2.51. The highest BCUT2D eigenvalue weighted by molar-refractivity contribution is 5.47. The zero-order valence-electron chi connectivity index (χ0n) is 13.0. The summed E-state index contributed by atoms with van der Waals surface area (Å²) in [6, 6.07) is 4.32. The summed E-state index contributed by atoms with van der Waals surface area (Å²) in [5.74, 6) is 0. The van der Waals surface area contributed by atoms with Crippen LogP contribution in [-0.4, -0.2) is 75.2 Å². The van der Waals surface area contributed by atoms with Crippen LogP contribution in [0.4, 0.5) is 5.69 Å². The molecule has 1 N–H and O–H groups in total. The Morgan fingerprint density at radius 1 is 1.25 bits per heavy atom. The molecule has 0 amide bonds. The van der Waals surface area contributed by atoms with Gasteiger partial charge in [0.1, 0.15) is 0 Å². The van der Waals surface area contributed by atoms with Crippen LogP contribution in [0.15, 0.2) is 18.3 Å². The van der Waals surface area contributed by atoms with Crippen LogP contribution in [-0.2, 0) is 6.54 Å². The number of pyridine rings is 1. The first-order valence-electron chi connectivity index (χ1n) is 7.40. The Bertz CT molecular complexity index is 399. The Kier molecular flexibility index (Phi) is 5.76. The van der Waals surface area contributed by atoms with Crippen molar-refractivity contribution in [2.24, 2.45) is 0 Å². The van der Waals surface area contributed by atoms with Gasteiger partial charge in [0.2, 0.25) is 0 Å². The molecule has 1 aliphatic heterocycles. The van der Waals surface area contributed by atoms with Gasteiger partial charge in [-0.05, 0) is 33.3 Å². The van der Waals surface area contributed by atoms with Crippen LogP contribution in [0.2, 0.25) is 0 Å². The van der Waals surface area contributed by atoms with Gasteiger partial charge in [0.25, 0.3) is 0 Å². The van der Waals surface area contributed by atoms with E-state index in [2.05, 4.69) is 51.2 Å². The topological polar surface area (TPSA) is 34.6 Å². The molecule has 0 saturated carbocycles. The molecule has 1 aromatic rings. The summed E-state index contributed by atoms with van der Waals surface area (Å²) in [4.78, 5) is 11.6. The molecule has 0 bridgehead atoms. The van der Waals surface area contributed by atoms with Gasteiger partial charge >= 0.3 is 0 Å². The molecule has 5 nitrogen and oxygen atoms in total. The normalized spacial score (nSPS) is 16.9. The maximum atomic E-state index is 4.38. The van der Waals surface area contributed by atoms with Crippen molar-refractivity contribution in [2.45, 2.75) is 6.54 Å². The Morgan fingerprint density at radius 3 is 2.65 bits per heavy atom. The molecule has 0 atom stereocenters. The zero-order valence-corrected chi connectivity index (χ0v) is 13.0. The van der Waals surface area contributed by atoms with Crippen LogP contribution in [0.5, 0.6) is 0 Å². The van der Waals surface area contributed by atoms with Gasteiger partial charge in [0.05, 0.1) is 5.69 Å². The number of aromatic nitrogens is 1. The van der Waals surface area contributed by atoms with Crippen LogP contribution >= 0.6 is 0 Å². The minimum Gasteiger partial charge on any atom is -0.369 e. The molecule has 0 aromatic carbocycles. The Morgan fingerprint density at radius 2 is 2.00 bits per heavy atom. The van der Waals surface area contributed by atoms with Crippen molar-refractivity contribution < 1.29 is 0 Å². The van der Waals surface area contributed by atoms with E-state index >= 15 is 0 Å². The quantitative estimate of drug-likeness (QED) is 0.818. The number of nitrogens with one attached hydrogen (secondary N) is 1. The van der Waals surface area contributed by atoms with Gasteiger partial charge < -0.3 is 15.1 Å². The van der Waals surface area contributed by atoms with Crippen molar-refractivity contribution in [2.75, 3.05) is 65.3 Å². The average molecular weight is 277 g/mol. The second-order valence-electron chi connectivity index (χ2n) is 5.67. The predicted octanol–water partition coefficient (Wildman–Crippen LogP) is 0.485. The lowest BCUT2D eigenvalue weighted by atomic mass is 10.2. The van der Waals surface area contributed by atoms with E-state index in [0.29, 0.717) is 0 Å². The Balaban J connectivity index is 1.85. The molecule has 1 aliphatic rings. The maximum Gasteiger partial charge on any atom is 0.0562 e. The molecular formula is C15H27N5. The highest BCUT2D eigenvalue weighted by Crippen LogP contribution is 2.16. The monoisotopic (exact) mass is 277 g/mol. The summed E-state index contributed by atoms with van der Waals surface area (Å²) >= 11 is 0. The minimum atomic E-state index is 0.830. The van der Waals surface area contributed by atoms with E-state index in [9.17, 15) is 0 Å². The zero-order chi connectivity index (χ0) is 14.4. The van der Waals surface area contributed by atoms with Gasteiger partial charge in [0.15, 0.2) is 0 Å². The lowest BCUT2D eigenvalue weighted by molar-refractivity contribution is 0.229. The van der Waals surface area contributed by atoms with E-state index in [1.54, 1.807) is 0 Å². The van der Waals surface area contributed by atoms with Crippen molar-refractivity contribution in [1.82, 2.24) is 20.1 Å². The second kappa shape index (κ2) is 7.57. The van der Waals surface area contributed by atoms with E-state index in [1.807, 2.05) is 13.2 Å². The first kappa shape index (κ1) is 15.2. The molecule has 0 radical (unpaired) electrons. The number of rotatable bonds is 6. The molecule has 0 aliphatic carbocycles. The van der Waals surface area contributed by atoms with E-state index in [4.69, 9.17) is 0 Å². The summed E-state index contributed by atoms with van der Waals surface area (Å²) in [6.07, 6.45) is 1.92. The van der Waals surface area contributed by atoms with Crippen molar-refractivity contribution in [3.8, 4) is 0 Å². The largest absolute Gasteiger partial charge is 0.369 e. The van der Waals surface area contributed by atoms with Crippen LogP contribution in [0.25, 0.3) is 0 Å². The first-order chi connectivity index (χ1) is 9.69. The maximum absolute atomic E-state index is 4.38. The van der Waals surface area contributed by atoms with Crippen molar-refractivity contribution in [1.29, 1.82) is 0 Å². The lowest BCUT2D eigenvalue weighted by Crippen LogP contribution is -2.48. The van der Waals surface area contributed by atoms with Crippen LogP contribution in [0, 0.1) is 0 Å². The number of hydrogen-bond donors (Lipinski definition) is 1. The SMILES string of the molecule is CNCc1cc(N2CCN(CCN(C)C)CC2)ccn1. The van der Waals surface area contributed by atoms with E-state index in [-0.39, 0.29) is 0 Å². The van der Waals surface area contributed by atoms with Crippen molar-refractivity contribution in [3.05, 3.63) is 24.0 Å². The van der Waals surface area contributed by atoms with Gasteiger partial charge in [-0.2, -0.15) is 0 Å². The standard InChI is InChI=1S/C15H27N5/c1-16-13-14-12-15(4-5-17-14)20-10-8-19(9-11-20)7-6-18(2)3/h4-5,12,16H,6-11,13H2,1-3H3. The summed E-state index contributed by atoms with van der Waals surface area (Å²) < 4.78 is 0. The molecule has 1 saturated heterocycles. The molecular weight excluding hydrogens is 250 g/mol. The van der Waals surface area contributed by atoms with Crippen LogP contribution in [0.1, 0.15) is 5.69 Å². The van der Waals surface area contributed by atoms with Gasteiger partial charge in [-0.15, -0.1) is 0 Å². The molecule has 20 heavy (non-hydrogen) atoms. The van der Waals surface area contributed by atoms with E-state index in [1.165, 1.54) is 12.2 Å². The third kappa shape index (κ3) is 4.44. The molecule has 0 unspecified atom stereocenters. The third-order valence-corrected chi connectivity index (χ3v) is 3.76. The number of hydrogen-bond acceptors (Lipinski definition) is 5. The fourth-order valence-electron chi connectivity index (χ4n) is 2.51. The highest BCUT2D eigenvalue weighted by Gasteiger charge is 2.17. The molecule has 112 valence electrons. The molecule has 1 aromatic heterocycles. The fraction of sp³-hybridized carbons (Fsp3) is 0.667. The average Bonchev–Trinajstić information content (AvgIpc) is 2.46. The smallest absolute Gasteiger partial charge is 0.0562 e. The van der Waals surface area contributed by atoms with Gasteiger partial charge in [-0.1, -0.05) is 0 Å². The molecule has 1 fully saturated rings. The van der Waals surface area contributed by atoms with E-state index in [0.717, 1.165) is 45.0 Å². The summed E-state index contributed by atoms with van der Waals surface area (Å²) in [7, 11) is 6.23. The van der Waals surface area contributed by atoms with Gasteiger partial charge in [0, 0.05) is 57.7 Å². The summed E-state index contributed by atoms with van der Waals surface area (Å²) in [5, 5.41) is 3.15.